The van der Waals surface area contributed by atoms with E-state index >= 15 is 0 Å². The van der Waals surface area contributed by atoms with Gasteiger partial charge in [-0.2, -0.15) is 18.3 Å². The molecule has 1 aliphatic carbocycles. The maximum Gasteiger partial charge on any atom is 0.435 e. The number of halogens is 3. The minimum absolute atomic E-state index is 0.0160. The third-order valence-corrected chi connectivity index (χ3v) is 6.72. The summed E-state index contributed by atoms with van der Waals surface area (Å²) < 4.78 is 38.4. The van der Waals surface area contributed by atoms with Crippen molar-refractivity contribution in [1.29, 1.82) is 0 Å². The van der Waals surface area contributed by atoms with Gasteiger partial charge in [0.15, 0.2) is 5.69 Å². The molecule has 146 valence electrons. The van der Waals surface area contributed by atoms with Crippen molar-refractivity contribution in [3.8, 4) is 0 Å². The number of piperidine rings is 1. The van der Waals surface area contributed by atoms with E-state index in [2.05, 4.69) is 17.1 Å². The molecule has 2 aliphatic rings. The number of thiophene rings is 1. The number of hydrogen-bond acceptors (Lipinski definition) is 3. The number of aromatic amines is 1. The average molecular weight is 397 g/mol. The summed E-state index contributed by atoms with van der Waals surface area (Å²) in [7, 11) is 0. The van der Waals surface area contributed by atoms with Crippen LogP contribution in [0.25, 0.3) is 0 Å². The summed E-state index contributed by atoms with van der Waals surface area (Å²) in [4.78, 5) is 16.2. The second-order valence-electron chi connectivity index (χ2n) is 7.70. The van der Waals surface area contributed by atoms with Crippen molar-refractivity contribution < 1.29 is 18.0 Å². The van der Waals surface area contributed by atoms with Gasteiger partial charge in [-0.1, -0.05) is 6.92 Å². The summed E-state index contributed by atoms with van der Waals surface area (Å²) in [6.07, 6.45) is 0.146. The number of alkyl halides is 3. The Kier molecular flexibility index (Phi) is 4.78. The second kappa shape index (κ2) is 6.96. The average Bonchev–Trinajstić information content (AvgIpc) is 3.28. The third-order valence-electron chi connectivity index (χ3n) is 5.67. The normalized spacial score (nSPS) is 23.3. The SMILES string of the molecule is C[C@@H]1CCc2c(C(=O)N3CCC[C@H](c4cc(C(F)(F)F)n[nH]4)C3)csc2C1. The molecule has 1 amide bonds. The van der Waals surface area contributed by atoms with Crippen molar-refractivity contribution >= 4 is 17.2 Å². The zero-order valence-electron chi connectivity index (χ0n) is 15.1. The van der Waals surface area contributed by atoms with Crippen molar-refractivity contribution in [2.45, 2.75) is 51.1 Å². The van der Waals surface area contributed by atoms with E-state index in [1.165, 1.54) is 10.4 Å². The van der Waals surface area contributed by atoms with Crippen LogP contribution in [0.1, 0.15) is 64.3 Å². The molecule has 3 heterocycles. The highest BCUT2D eigenvalue weighted by atomic mass is 32.1. The number of hydrogen-bond donors (Lipinski definition) is 1. The summed E-state index contributed by atoms with van der Waals surface area (Å²) >= 11 is 1.66. The molecule has 1 aliphatic heterocycles. The van der Waals surface area contributed by atoms with Gasteiger partial charge < -0.3 is 4.90 Å². The Morgan fingerprint density at radius 1 is 1.37 bits per heavy atom. The second-order valence-corrected chi connectivity index (χ2v) is 8.66. The maximum atomic E-state index is 13.1. The number of carbonyl (C=O) groups is 1. The molecule has 0 unspecified atom stereocenters. The van der Waals surface area contributed by atoms with Gasteiger partial charge in [0, 0.05) is 35.0 Å². The Morgan fingerprint density at radius 3 is 2.93 bits per heavy atom. The summed E-state index contributed by atoms with van der Waals surface area (Å²) in [5.74, 6) is 0.532. The molecule has 4 rings (SSSR count). The molecular formula is C19H22F3N3OS. The van der Waals surface area contributed by atoms with Gasteiger partial charge in [-0.05, 0) is 49.7 Å². The van der Waals surface area contributed by atoms with E-state index in [9.17, 15) is 18.0 Å². The molecule has 0 radical (unpaired) electrons. The van der Waals surface area contributed by atoms with Gasteiger partial charge >= 0.3 is 6.18 Å². The van der Waals surface area contributed by atoms with E-state index in [0.29, 0.717) is 24.7 Å². The van der Waals surface area contributed by atoms with Crippen LogP contribution in [-0.4, -0.2) is 34.1 Å². The fraction of sp³-hybridized carbons (Fsp3) is 0.579. The first-order valence-electron chi connectivity index (χ1n) is 9.34. The molecule has 8 heteroatoms. The molecule has 1 N–H and O–H groups in total. The molecule has 27 heavy (non-hydrogen) atoms. The van der Waals surface area contributed by atoms with E-state index < -0.39 is 11.9 Å². The molecule has 0 bridgehead atoms. The van der Waals surface area contributed by atoms with Gasteiger partial charge in [0.25, 0.3) is 5.91 Å². The Labute approximate surface area is 159 Å². The van der Waals surface area contributed by atoms with E-state index in [1.54, 1.807) is 16.2 Å². The smallest absolute Gasteiger partial charge is 0.338 e. The highest BCUT2D eigenvalue weighted by Crippen LogP contribution is 2.35. The highest BCUT2D eigenvalue weighted by Gasteiger charge is 2.36. The van der Waals surface area contributed by atoms with Crippen LogP contribution in [0.5, 0.6) is 0 Å². The number of amides is 1. The number of aromatic nitrogens is 2. The fourth-order valence-electron chi connectivity index (χ4n) is 4.13. The summed E-state index contributed by atoms with van der Waals surface area (Å²) in [5, 5.41) is 7.89. The summed E-state index contributed by atoms with van der Waals surface area (Å²) in [5.41, 5.74) is 1.54. The number of nitrogens with one attached hydrogen (secondary N) is 1. The number of H-pyrrole nitrogens is 1. The maximum absolute atomic E-state index is 13.1. The molecule has 1 saturated heterocycles. The monoisotopic (exact) mass is 397 g/mol. The molecule has 0 aromatic carbocycles. The molecule has 4 nitrogen and oxygen atoms in total. The summed E-state index contributed by atoms with van der Waals surface area (Å²) in [6, 6.07) is 1.08. The zero-order valence-corrected chi connectivity index (χ0v) is 15.9. The molecule has 2 aromatic rings. The molecule has 2 aromatic heterocycles. The van der Waals surface area contributed by atoms with E-state index in [1.807, 2.05) is 5.38 Å². The van der Waals surface area contributed by atoms with Gasteiger partial charge in [-0.25, -0.2) is 0 Å². The number of carbonyl (C=O) groups excluding carboxylic acids is 1. The molecule has 0 spiro atoms. The van der Waals surface area contributed by atoms with Crippen LogP contribution in [0.4, 0.5) is 13.2 Å². The van der Waals surface area contributed by atoms with E-state index in [0.717, 1.165) is 43.7 Å². The minimum Gasteiger partial charge on any atom is -0.338 e. The predicted molar refractivity (Wildman–Crippen MR) is 97.0 cm³/mol. The molecule has 0 saturated carbocycles. The Hall–Kier alpha value is -1.83. The fourth-order valence-corrected chi connectivity index (χ4v) is 5.37. The van der Waals surface area contributed by atoms with Gasteiger partial charge in [0.1, 0.15) is 0 Å². The quantitative estimate of drug-likeness (QED) is 0.803. The van der Waals surface area contributed by atoms with Crippen LogP contribution < -0.4 is 0 Å². The first kappa shape index (κ1) is 18.5. The Morgan fingerprint density at radius 2 is 2.19 bits per heavy atom. The first-order valence-corrected chi connectivity index (χ1v) is 10.2. The van der Waals surface area contributed by atoms with Crippen LogP contribution in [0, 0.1) is 5.92 Å². The first-order chi connectivity index (χ1) is 12.8. The number of nitrogens with zero attached hydrogens (tertiary/aromatic N) is 2. The van der Waals surface area contributed by atoms with Crippen LogP contribution >= 0.6 is 11.3 Å². The number of fused-ring (bicyclic) bond motifs is 1. The van der Waals surface area contributed by atoms with E-state index in [-0.39, 0.29) is 11.8 Å². The molecular weight excluding hydrogens is 375 g/mol. The zero-order chi connectivity index (χ0) is 19.2. The third kappa shape index (κ3) is 3.63. The standard InChI is InChI=1S/C19H22F3N3OS/c1-11-4-5-13-14(10-27-16(13)7-11)18(26)25-6-2-3-12(9-25)15-8-17(24-23-15)19(20,21)22/h8,10-12H,2-7,9H2,1H3,(H,23,24)/t11-,12+/m1/s1. The predicted octanol–water partition coefficient (Wildman–Crippen LogP) is 4.63. The molecule has 1 fully saturated rings. The van der Waals surface area contributed by atoms with Gasteiger partial charge in [0.05, 0.1) is 5.56 Å². The van der Waals surface area contributed by atoms with Gasteiger partial charge in [-0.3, -0.25) is 9.89 Å². The van der Waals surface area contributed by atoms with Crippen molar-refractivity contribution in [1.82, 2.24) is 15.1 Å². The Balaban J connectivity index is 1.50. The number of rotatable bonds is 2. The van der Waals surface area contributed by atoms with Crippen molar-refractivity contribution in [2.24, 2.45) is 5.92 Å². The topological polar surface area (TPSA) is 49.0 Å². The highest BCUT2D eigenvalue weighted by molar-refractivity contribution is 7.10. The largest absolute Gasteiger partial charge is 0.435 e. The number of likely N-dealkylation sites (tertiary alicyclic amines) is 1. The summed E-state index contributed by atoms with van der Waals surface area (Å²) in [6.45, 7) is 3.31. The lowest BCUT2D eigenvalue weighted by Gasteiger charge is -2.32. The van der Waals surface area contributed by atoms with Crippen LogP contribution in [0.3, 0.4) is 0 Å². The minimum atomic E-state index is -4.45. The lowest BCUT2D eigenvalue weighted by atomic mass is 9.88. The van der Waals surface area contributed by atoms with E-state index in [4.69, 9.17) is 0 Å². The van der Waals surface area contributed by atoms with Crippen molar-refractivity contribution in [3.63, 3.8) is 0 Å². The van der Waals surface area contributed by atoms with Crippen LogP contribution in [-0.2, 0) is 19.0 Å². The van der Waals surface area contributed by atoms with Crippen LogP contribution in [0.2, 0.25) is 0 Å². The molecule has 2 atom stereocenters. The van der Waals surface area contributed by atoms with Crippen LogP contribution in [0.15, 0.2) is 11.4 Å². The van der Waals surface area contributed by atoms with Gasteiger partial charge in [-0.15, -0.1) is 11.3 Å². The van der Waals surface area contributed by atoms with Gasteiger partial charge in [0.2, 0.25) is 0 Å². The lowest BCUT2D eigenvalue weighted by Crippen LogP contribution is -2.39. The van der Waals surface area contributed by atoms with Crippen molar-refractivity contribution in [2.75, 3.05) is 13.1 Å². The van der Waals surface area contributed by atoms with Crippen molar-refractivity contribution in [3.05, 3.63) is 38.8 Å². The Bertz CT molecular complexity index is 842. The lowest BCUT2D eigenvalue weighted by molar-refractivity contribution is -0.141.